The molecular weight excluding hydrogens is 446 g/mol. The SMILES string of the molecule is CCN1CCN(CCCNC(=O)CCC(=O)N2Cc3cccc(OC)c3Oc3ncccc32)CC1. The molecule has 2 amide bonds. The van der Waals surface area contributed by atoms with E-state index in [1.54, 1.807) is 30.3 Å². The number of hydrogen-bond donors (Lipinski definition) is 1. The zero-order valence-corrected chi connectivity index (χ0v) is 20.7. The van der Waals surface area contributed by atoms with Gasteiger partial charge in [-0.2, -0.15) is 0 Å². The number of pyridine rings is 1. The standard InChI is InChI=1S/C26H35N5O4/c1-3-29-15-17-30(18-16-29)14-6-13-27-23(32)10-11-24(33)31-19-20-7-4-9-22(34-2)25(20)35-26-21(31)8-5-12-28-26/h4-5,7-9,12H,3,6,10-11,13-19H2,1-2H3,(H,27,32). The van der Waals surface area contributed by atoms with Crippen LogP contribution in [0.2, 0.25) is 0 Å². The highest BCUT2D eigenvalue weighted by atomic mass is 16.5. The number of benzene rings is 1. The van der Waals surface area contributed by atoms with Gasteiger partial charge in [-0.15, -0.1) is 0 Å². The smallest absolute Gasteiger partial charge is 0.243 e. The van der Waals surface area contributed by atoms with Crippen molar-refractivity contribution in [3.8, 4) is 17.4 Å². The average Bonchev–Trinajstić information content (AvgIpc) is 3.07. The highest BCUT2D eigenvalue weighted by molar-refractivity contribution is 5.96. The monoisotopic (exact) mass is 481 g/mol. The number of aromatic nitrogens is 1. The molecule has 0 bridgehead atoms. The summed E-state index contributed by atoms with van der Waals surface area (Å²) < 4.78 is 11.5. The van der Waals surface area contributed by atoms with Crippen molar-refractivity contribution in [1.82, 2.24) is 20.1 Å². The van der Waals surface area contributed by atoms with Crippen LogP contribution in [0, 0.1) is 0 Å². The van der Waals surface area contributed by atoms with Crippen LogP contribution in [0.15, 0.2) is 36.5 Å². The first kappa shape index (κ1) is 24.9. The summed E-state index contributed by atoms with van der Waals surface area (Å²) in [5, 5.41) is 2.96. The van der Waals surface area contributed by atoms with E-state index in [4.69, 9.17) is 9.47 Å². The van der Waals surface area contributed by atoms with E-state index in [9.17, 15) is 9.59 Å². The van der Waals surface area contributed by atoms with E-state index in [1.807, 2.05) is 18.2 Å². The lowest BCUT2D eigenvalue weighted by atomic mass is 10.1. The Labute approximate surface area is 207 Å². The average molecular weight is 482 g/mol. The maximum atomic E-state index is 13.2. The van der Waals surface area contributed by atoms with Gasteiger partial charge in [0.15, 0.2) is 11.5 Å². The molecule has 0 spiro atoms. The molecule has 1 aromatic carbocycles. The Kier molecular flexibility index (Phi) is 8.54. The molecule has 9 nitrogen and oxygen atoms in total. The lowest BCUT2D eigenvalue weighted by Gasteiger charge is -2.33. The van der Waals surface area contributed by atoms with Crippen molar-refractivity contribution in [2.75, 3.05) is 57.8 Å². The molecule has 0 unspecified atom stereocenters. The van der Waals surface area contributed by atoms with Crippen molar-refractivity contribution in [3.63, 3.8) is 0 Å². The number of hydrogen-bond acceptors (Lipinski definition) is 7. The minimum atomic E-state index is -0.150. The Hall–Kier alpha value is -3.17. The number of amides is 2. The summed E-state index contributed by atoms with van der Waals surface area (Å²) in [6.45, 7) is 9.62. The van der Waals surface area contributed by atoms with E-state index in [0.717, 1.165) is 51.3 Å². The summed E-state index contributed by atoms with van der Waals surface area (Å²) >= 11 is 0. The van der Waals surface area contributed by atoms with E-state index in [-0.39, 0.29) is 24.7 Å². The van der Waals surface area contributed by atoms with Crippen LogP contribution in [-0.4, -0.2) is 79.5 Å². The molecule has 35 heavy (non-hydrogen) atoms. The molecular formula is C26H35N5O4. The predicted octanol–water partition coefficient (Wildman–Crippen LogP) is 2.65. The number of para-hydroxylation sites is 1. The molecule has 0 radical (unpaired) electrons. The number of nitrogens with zero attached hydrogens (tertiary/aromatic N) is 4. The molecule has 3 heterocycles. The second-order valence-electron chi connectivity index (χ2n) is 8.84. The van der Waals surface area contributed by atoms with E-state index < -0.39 is 0 Å². The van der Waals surface area contributed by atoms with Gasteiger partial charge >= 0.3 is 0 Å². The summed E-state index contributed by atoms with van der Waals surface area (Å²) in [7, 11) is 1.58. The van der Waals surface area contributed by atoms with Crippen molar-refractivity contribution < 1.29 is 19.1 Å². The van der Waals surface area contributed by atoms with Crippen LogP contribution in [0.3, 0.4) is 0 Å². The summed E-state index contributed by atoms with van der Waals surface area (Å²) in [5.74, 6) is 1.23. The fourth-order valence-electron chi connectivity index (χ4n) is 4.51. The molecule has 0 atom stereocenters. The third-order valence-corrected chi connectivity index (χ3v) is 6.60. The second kappa shape index (κ2) is 12.0. The van der Waals surface area contributed by atoms with Gasteiger partial charge in [-0.05, 0) is 37.7 Å². The summed E-state index contributed by atoms with van der Waals surface area (Å²) in [5.41, 5.74) is 1.40. The van der Waals surface area contributed by atoms with Gasteiger partial charge in [0.2, 0.25) is 17.7 Å². The highest BCUT2D eigenvalue weighted by Crippen LogP contribution is 2.42. The first-order chi connectivity index (χ1) is 17.1. The lowest BCUT2D eigenvalue weighted by molar-refractivity contribution is -0.125. The van der Waals surface area contributed by atoms with Crippen LogP contribution in [0.1, 0.15) is 31.7 Å². The first-order valence-corrected chi connectivity index (χ1v) is 12.4. The Morgan fingerprint density at radius 3 is 2.66 bits per heavy atom. The largest absolute Gasteiger partial charge is 0.493 e. The van der Waals surface area contributed by atoms with Crippen molar-refractivity contribution in [2.24, 2.45) is 0 Å². The third-order valence-electron chi connectivity index (χ3n) is 6.60. The van der Waals surface area contributed by atoms with Crippen LogP contribution in [0.4, 0.5) is 5.69 Å². The van der Waals surface area contributed by atoms with Gasteiger partial charge in [0.1, 0.15) is 5.69 Å². The van der Waals surface area contributed by atoms with Crippen LogP contribution in [-0.2, 0) is 16.1 Å². The maximum absolute atomic E-state index is 13.2. The number of likely N-dealkylation sites (N-methyl/N-ethyl adjacent to an activating group) is 1. The summed E-state index contributed by atoms with van der Waals surface area (Å²) in [6, 6.07) is 9.15. The van der Waals surface area contributed by atoms with Crippen LogP contribution < -0.4 is 19.7 Å². The topological polar surface area (TPSA) is 87.2 Å². The number of rotatable bonds is 9. The molecule has 2 aliphatic heterocycles. The van der Waals surface area contributed by atoms with Crippen LogP contribution in [0.25, 0.3) is 0 Å². The molecule has 2 aliphatic rings. The van der Waals surface area contributed by atoms with Gasteiger partial charge in [-0.25, -0.2) is 4.98 Å². The molecule has 1 N–H and O–H groups in total. The van der Waals surface area contributed by atoms with Gasteiger partial charge in [0, 0.05) is 57.3 Å². The number of piperazine rings is 1. The first-order valence-electron chi connectivity index (χ1n) is 12.4. The summed E-state index contributed by atoms with van der Waals surface area (Å²) in [6.07, 6.45) is 2.79. The van der Waals surface area contributed by atoms with Gasteiger partial charge < -0.3 is 29.5 Å². The van der Waals surface area contributed by atoms with Gasteiger partial charge in [-0.3, -0.25) is 9.59 Å². The normalized spacial score (nSPS) is 16.0. The molecule has 188 valence electrons. The Morgan fingerprint density at radius 1 is 1.09 bits per heavy atom. The predicted molar refractivity (Wildman–Crippen MR) is 134 cm³/mol. The minimum Gasteiger partial charge on any atom is -0.493 e. The third kappa shape index (κ3) is 6.29. The minimum absolute atomic E-state index is 0.103. The highest BCUT2D eigenvalue weighted by Gasteiger charge is 2.28. The van der Waals surface area contributed by atoms with Gasteiger partial charge in [-0.1, -0.05) is 19.1 Å². The van der Waals surface area contributed by atoms with Crippen molar-refractivity contribution >= 4 is 17.5 Å². The van der Waals surface area contributed by atoms with E-state index >= 15 is 0 Å². The Bertz CT molecular complexity index is 1020. The van der Waals surface area contributed by atoms with E-state index in [0.29, 0.717) is 36.2 Å². The van der Waals surface area contributed by atoms with Crippen LogP contribution in [0.5, 0.6) is 17.4 Å². The molecule has 1 fully saturated rings. The molecule has 9 heteroatoms. The Morgan fingerprint density at radius 2 is 1.89 bits per heavy atom. The molecule has 1 saturated heterocycles. The van der Waals surface area contributed by atoms with Crippen molar-refractivity contribution in [2.45, 2.75) is 32.7 Å². The van der Waals surface area contributed by atoms with E-state index in [1.165, 1.54) is 0 Å². The molecule has 0 aliphatic carbocycles. The zero-order chi connectivity index (χ0) is 24.6. The lowest BCUT2D eigenvalue weighted by Crippen LogP contribution is -2.46. The maximum Gasteiger partial charge on any atom is 0.243 e. The molecule has 0 saturated carbocycles. The number of methoxy groups -OCH3 is 1. The number of ether oxygens (including phenoxy) is 2. The van der Waals surface area contributed by atoms with Gasteiger partial charge in [0.25, 0.3) is 0 Å². The second-order valence-corrected chi connectivity index (χ2v) is 8.84. The van der Waals surface area contributed by atoms with Crippen molar-refractivity contribution in [3.05, 3.63) is 42.1 Å². The molecule has 4 rings (SSSR count). The van der Waals surface area contributed by atoms with Crippen molar-refractivity contribution in [1.29, 1.82) is 0 Å². The molecule has 1 aromatic heterocycles. The fourth-order valence-corrected chi connectivity index (χ4v) is 4.51. The number of anilines is 1. The van der Waals surface area contributed by atoms with Crippen LogP contribution >= 0.6 is 0 Å². The fraction of sp³-hybridized carbons (Fsp3) is 0.500. The number of fused-ring (bicyclic) bond motifs is 2. The van der Waals surface area contributed by atoms with E-state index in [2.05, 4.69) is 27.0 Å². The quantitative estimate of drug-likeness (QED) is 0.551. The number of carbonyl (C=O) groups is 2. The molecule has 2 aromatic rings. The summed E-state index contributed by atoms with van der Waals surface area (Å²) in [4.78, 5) is 36.5. The Balaban J connectivity index is 1.28. The van der Waals surface area contributed by atoms with Gasteiger partial charge in [0.05, 0.1) is 13.7 Å². The number of nitrogens with one attached hydrogen (secondary N) is 1. The number of carbonyl (C=O) groups excluding carboxylic acids is 2. The zero-order valence-electron chi connectivity index (χ0n) is 20.7.